The number of amides is 1. The molecule has 1 heterocycles. The van der Waals surface area contributed by atoms with Crippen LogP contribution in [-0.4, -0.2) is 23.4 Å². The molecule has 1 saturated carbocycles. The van der Waals surface area contributed by atoms with Gasteiger partial charge in [-0.2, -0.15) is 0 Å². The van der Waals surface area contributed by atoms with Gasteiger partial charge in [0.15, 0.2) is 0 Å². The predicted molar refractivity (Wildman–Crippen MR) is 72.3 cm³/mol. The third-order valence-corrected chi connectivity index (χ3v) is 4.41. The highest BCUT2D eigenvalue weighted by Gasteiger charge is 2.37. The number of fused-ring (bicyclic) bond motifs is 1. The van der Waals surface area contributed by atoms with Gasteiger partial charge in [-0.25, -0.2) is 0 Å². The first-order valence-corrected chi connectivity index (χ1v) is 6.92. The summed E-state index contributed by atoms with van der Waals surface area (Å²) in [4.78, 5) is 14.6. The van der Waals surface area contributed by atoms with Gasteiger partial charge in [-0.1, -0.05) is 6.42 Å². The van der Waals surface area contributed by atoms with Gasteiger partial charge in [0.25, 0.3) is 5.91 Å². The summed E-state index contributed by atoms with van der Waals surface area (Å²) >= 11 is 0. The molecule has 1 aliphatic heterocycles. The van der Waals surface area contributed by atoms with E-state index in [0.717, 1.165) is 24.4 Å². The van der Waals surface area contributed by atoms with E-state index in [1.54, 1.807) is 0 Å². The number of rotatable bonds is 1. The Morgan fingerprint density at radius 1 is 1.11 bits per heavy atom. The van der Waals surface area contributed by atoms with E-state index < -0.39 is 0 Å². The third kappa shape index (κ3) is 1.98. The molecule has 2 unspecified atom stereocenters. The van der Waals surface area contributed by atoms with E-state index in [4.69, 9.17) is 5.73 Å². The van der Waals surface area contributed by atoms with Crippen molar-refractivity contribution in [2.45, 2.75) is 38.1 Å². The number of carbonyl (C=O) groups is 1. The minimum Gasteiger partial charge on any atom is -0.399 e. The van der Waals surface area contributed by atoms with Crippen LogP contribution < -0.4 is 5.73 Å². The van der Waals surface area contributed by atoms with Crippen LogP contribution in [0.3, 0.4) is 0 Å². The molecule has 2 aliphatic rings. The summed E-state index contributed by atoms with van der Waals surface area (Å²) in [5.74, 6) is 0.933. The second kappa shape index (κ2) is 4.63. The fourth-order valence-corrected chi connectivity index (χ4v) is 3.50. The third-order valence-electron chi connectivity index (χ3n) is 4.41. The maximum atomic E-state index is 12.5. The molecule has 2 fully saturated rings. The summed E-state index contributed by atoms with van der Waals surface area (Å²) < 4.78 is 0. The number of nitrogens with zero attached hydrogens (tertiary/aromatic N) is 1. The van der Waals surface area contributed by atoms with E-state index in [1.807, 2.05) is 24.3 Å². The van der Waals surface area contributed by atoms with Gasteiger partial charge in [0.2, 0.25) is 0 Å². The van der Waals surface area contributed by atoms with Crippen molar-refractivity contribution in [3.63, 3.8) is 0 Å². The van der Waals surface area contributed by atoms with E-state index >= 15 is 0 Å². The summed E-state index contributed by atoms with van der Waals surface area (Å²) in [5.41, 5.74) is 7.15. The summed E-state index contributed by atoms with van der Waals surface area (Å²) in [7, 11) is 0. The molecule has 0 aromatic heterocycles. The van der Waals surface area contributed by atoms with Gasteiger partial charge >= 0.3 is 0 Å². The van der Waals surface area contributed by atoms with Crippen LogP contribution in [0.25, 0.3) is 0 Å². The monoisotopic (exact) mass is 244 g/mol. The molecule has 96 valence electrons. The molecule has 0 spiro atoms. The number of likely N-dealkylation sites (tertiary alicyclic amines) is 1. The first-order valence-electron chi connectivity index (χ1n) is 6.92. The summed E-state index contributed by atoms with van der Waals surface area (Å²) in [6.07, 6.45) is 6.22. The number of benzene rings is 1. The zero-order chi connectivity index (χ0) is 12.5. The maximum Gasteiger partial charge on any atom is 0.254 e. The quantitative estimate of drug-likeness (QED) is 0.772. The van der Waals surface area contributed by atoms with Gasteiger partial charge in [-0.05, 0) is 55.9 Å². The Bertz CT molecular complexity index is 440. The van der Waals surface area contributed by atoms with E-state index in [0.29, 0.717) is 11.7 Å². The lowest BCUT2D eigenvalue weighted by atomic mass is 9.91. The summed E-state index contributed by atoms with van der Waals surface area (Å²) in [6.45, 7) is 0.921. The molecule has 0 radical (unpaired) electrons. The number of nitrogens with two attached hydrogens (primary N) is 1. The highest BCUT2D eigenvalue weighted by atomic mass is 16.2. The van der Waals surface area contributed by atoms with Crippen molar-refractivity contribution < 1.29 is 4.79 Å². The zero-order valence-corrected chi connectivity index (χ0v) is 10.6. The molecule has 3 heteroatoms. The van der Waals surface area contributed by atoms with Crippen LogP contribution in [-0.2, 0) is 0 Å². The highest BCUT2D eigenvalue weighted by Crippen LogP contribution is 2.37. The van der Waals surface area contributed by atoms with Gasteiger partial charge in [0.1, 0.15) is 0 Å². The molecule has 18 heavy (non-hydrogen) atoms. The van der Waals surface area contributed by atoms with Crippen molar-refractivity contribution in [3.8, 4) is 0 Å². The van der Waals surface area contributed by atoms with E-state index in [2.05, 4.69) is 4.90 Å². The molecule has 1 saturated heterocycles. The maximum absolute atomic E-state index is 12.5. The standard InChI is InChI=1S/C15H20N2O/c16-13-8-6-12(7-9-13)15(18)17-10-2-4-11-3-1-5-14(11)17/h6-9,11,14H,1-5,10,16H2. The number of nitrogen functional groups attached to an aromatic ring is 1. The minimum atomic E-state index is 0.187. The van der Waals surface area contributed by atoms with Gasteiger partial charge in [0, 0.05) is 23.8 Å². The molecule has 1 aliphatic carbocycles. The fraction of sp³-hybridized carbons (Fsp3) is 0.533. The van der Waals surface area contributed by atoms with Crippen molar-refractivity contribution >= 4 is 11.6 Å². The average molecular weight is 244 g/mol. The summed E-state index contributed by atoms with van der Waals surface area (Å²) in [6, 6.07) is 7.79. The van der Waals surface area contributed by atoms with E-state index in [9.17, 15) is 4.79 Å². The van der Waals surface area contributed by atoms with Crippen LogP contribution >= 0.6 is 0 Å². The van der Waals surface area contributed by atoms with E-state index in [-0.39, 0.29) is 5.91 Å². The molecular formula is C15H20N2O. The lowest BCUT2D eigenvalue weighted by Crippen LogP contribution is -2.46. The second-order valence-electron chi connectivity index (χ2n) is 5.52. The van der Waals surface area contributed by atoms with Gasteiger partial charge in [-0.15, -0.1) is 0 Å². The van der Waals surface area contributed by atoms with Crippen molar-refractivity contribution in [2.24, 2.45) is 5.92 Å². The molecule has 1 aromatic carbocycles. The minimum absolute atomic E-state index is 0.187. The van der Waals surface area contributed by atoms with Crippen molar-refractivity contribution in [1.29, 1.82) is 0 Å². The topological polar surface area (TPSA) is 46.3 Å². The number of anilines is 1. The molecule has 1 amide bonds. The molecule has 1 aromatic rings. The molecule has 3 rings (SSSR count). The lowest BCUT2D eigenvalue weighted by Gasteiger charge is -2.37. The van der Waals surface area contributed by atoms with Crippen LogP contribution in [0.15, 0.2) is 24.3 Å². The van der Waals surface area contributed by atoms with Crippen LogP contribution in [0.5, 0.6) is 0 Å². The van der Waals surface area contributed by atoms with Crippen molar-refractivity contribution in [2.75, 3.05) is 12.3 Å². The SMILES string of the molecule is Nc1ccc(C(=O)N2CCCC3CCCC32)cc1. The number of hydrogen-bond acceptors (Lipinski definition) is 2. The summed E-state index contributed by atoms with van der Waals surface area (Å²) in [5, 5.41) is 0. The second-order valence-corrected chi connectivity index (χ2v) is 5.52. The Labute approximate surface area is 108 Å². The molecule has 2 atom stereocenters. The number of piperidine rings is 1. The Hall–Kier alpha value is -1.51. The molecule has 3 nitrogen and oxygen atoms in total. The predicted octanol–water partition coefficient (Wildman–Crippen LogP) is 2.67. The van der Waals surface area contributed by atoms with E-state index in [1.165, 1.54) is 25.7 Å². The van der Waals surface area contributed by atoms with Gasteiger partial charge in [0.05, 0.1) is 0 Å². The Balaban J connectivity index is 1.81. The molecular weight excluding hydrogens is 224 g/mol. The van der Waals surface area contributed by atoms with Crippen LogP contribution in [0.4, 0.5) is 5.69 Å². The van der Waals surface area contributed by atoms with Crippen molar-refractivity contribution in [3.05, 3.63) is 29.8 Å². The first-order chi connectivity index (χ1) is 8.75. The average Bonchev–Trinajstić information content (AvgIpc) is 2.87. The van der Waals surface area contributed by atoms with Crippen LogP contribution in [0.1, 0.15) is 42.5 Å². The Kier molecular flexibility index (Phi) is 2.98. The normalized spacial score (nSPS) is 27.0. The van der Waals surface area contributed by atoms with Crippen molar-refractivity contribution in [1.82, 2.24) is 4.90 Å². The number of hydrogen-bond donors (Lipinski definition) is 1. The number of carbonyl (C=O) groups excluding carboxylic acids is 1. The fourth-order valence-electron chi connectivity index (χ4n) is 3.50. The Morgan fingerprint density at radius 2 is 1.83 bits per heavy atom. The zero-order valence-electron chi connectivity index (χ0n) is 10.6. The largest absolute Gasteiger partial charge is 0.399 e. The molecule has 0 bridgehead atoms. The van der Waals surface area contributed by atoms with Gasteiger partial charge < -0.3 is 10.6 Å². The van der Waals surface area contributed by atoms with Crippen LogP contribution in [0.2, 0.25) is 0 Å². The van der Waals surface area contributed by atoms with Gasteiger partial charge in [-0.3, -0.25) is 4.79 Å². The lowest BCUT2D eigenvalue weighted by molar-refractivity contribution is 0.0548. The highest BCUT2D eigenvalue weighted by molar-refractivity contribution is 5.94. The van der Waals surface area contributed by atoms with Crippen LogP contribution in [0, 0.1) is 5.92 Å². The Morgan fingerprint density at radius 3 is 2.61 bits per heavy atom. The smallest absolute Gasteiger partial charge is 0.254 e. The molecule has 2 N–H and O–H groups in total. The first kappa shape index (κ1) is 11.6.